The van der Waals surface area contributed by atoms with Crippen LogP contribution >= 0.6 is 0 Å². The van der Waals surface area contributed by atoms with Crippen molar-refractivity contribution in [3.63, 3.8) is 0 Å². The number of hydrogen-bond acceptors (Lipinski definition) is 5. The molecule has 0 aromatic heterocycles. The van der Waals surface area contributed by atoms with Gasteiger partial charge in [0.1, 0.15) is 0 Å². The van der Waals surface area contributed by atoms with Gasteiger partial charge in [0.25, 0.3) is 0 Å². The van der Waals surface area contributed by atoms with Gasteiger partial charge in [-0.1, -0.05) is 18.2 Å². The Labute approximate surface area is 171 Å². The number of Topliss-reactive ketones (excluding diaryl/α,β-unsaturated/α-hetero) is 1. The summed E-state index contributed by atoms with van der Waals surface area (Å²) in [5, 5.41) is 0. The van der Waals surface area contributed by atoms with E-state index in [2.05, 4.69) is 17.0 Å². The molecule has 0 radical (unpaired) electrons. The second kappa shape index (κ2) is 8.99. The first-order valence-electron chi connectivity index (χ1n) is 10.2. The van der Waals surface area contributed by atoms with Crippen LogP contribution in [-0.4, -0.2) is 56.0 Å². The topological polar surface area (TPSA) is 59.1 Å². The van der Waals surface area contributed by atoms with Crippen molar-refractivity contribution in [2.75, 3.05) is 44.3 Å². The van der Waals surface area contributed by atoms with Crippen molar-refractivity contribution in [1.82, 2.24) is 4.90 Å². The van der Waals surface area contributed by atoms with Gasteiger partial charge in [-0.3, -0.25) is 9.59 Å². The summed E-state index contributed by atoms with van der Waals surface area (Å²) in [6.07, 6.45) is 1.26. The maximum absolute atomic E-state index is 12.6. The molecule has 29 heavy (non-hydrogen) atoms. The molecule has 2 aromatic carbocycles. The summed E-state index contributed by atoms with van der Waals surface area (Å²) in [7, 11) is 0. The molecular weight excluding hydrogens is 368 g/mol. The maximum Gasteiger partial charge on any atom is 0.223 e. The third-order valence-electron chi connectivity index (χ3n) is 5.39. The van der Waals surface area contributed by atoms with E-state index in [-0.39, 0.29) is 24.5 Å². The number of fused-ring (bicyclic) bond motifs is 1. The number of ether oxygens (including phenoxy) is 2. The van der Waals surface area contributed by atoms with Gasteiger partial charge in [-0.25, -0.2) is 0 Å². The lowest BCUT2D eigenvalue weighted by Crippen LogP contribution is -2.48. The van der Waals surface area contributed by atoms with E-state index in [1.165, 1.54) is 5.69 Å². The van der Waals surface area contributed by atoms with Gasteiger partial charge >= 0.3 is 0 Å². The molecule has 1 fully saturated rings. The second-order valence-electron chi connectivity index (χ2n) is 7.34. The summed E-state index contributed by atoms with van der Waals surface area (Å²) >= 11 is 0. The van der Waals surface area contributed by atoms with Crippen LogP contribution in [0, 0.1) is 0 Å². The minimum Gasteiger partial charge on any atom is -0.490 e. The quantitative estimate of drug-likeness (QED) is 0.729. The fourth-order valence-corrected chi connectivity index (χ4v) is 3.71. The second-order valence-corrected chi connectivity index (χ2v) is 7.34. The monoisotopic (exact) mass is 394 g/mol. The summed E-state index contributed by atoms with van der Waals surface area (Å²) in [6, 6.07) is 15.5. The highest BCUT2D eigenvalue weighted by Crippen LogP contribution is 2.31. The normalized spacial score (nSPS) is 16.3. The molecule has 2 aliphatic rings. The van der Waals surface area contributed by atoms with E-state index in [9.17, 15) is 9.59 Å². The fourth-order valence-electron chi connectivity index (χ4n) is 3.71. The van der Waals surface area contributed by atoms with Gasteiger partial charge in [-0.2, -0.15) is 0 Å². The van der Waals surface area contributed by atoms with Crippen molar-refractivity contribution in [2.24, 2.45) is 0 Å². The summed E-state index contributed by atoms with van der Waals surface area (Å²) in [6.45, 7) is 4.19. The van der Waals surface area contributed by atoms with Gasteiger partial charge in [-0.05, 0) is 30.3 Å². The summed E-state index contributed by atoms with van der Waals surface area (Å²) in [4.78, 5) is 29.3. The van der Waals surface area contributed by atoms with E-state index in [4.69, 9.17) is 9.47 Å². The third kappa shape index (κ3) is 4.70. The predicted molar refractivity (Wildman–Crippen MR) is 111 cm³/mol. The lowest BCUT2D eigenvalue weighted by atomic mass is 10.1. The third-order valence-corrected chi connectivity index (χ3v) is 5.39. The van der Waals surface area contributed by atoms with Gasteiger partial charge in [0.2, 0.25) is 5.91 Å². The Morgan fingerprint density at radius 1 is 0.828 bits per heavy atom. The Hall–Kier alpha value is -3.02. The summed E-state index contributed by atoms with van der Waals surface area (Å²) < 4.78 is 11.2. The van der Waals surface area contributed by atoms with Crippen molar-refractivity contribution in [1.29, 1.82) is 0 Å². The molecule has 6 nitrogen and oxygen atoms in total. The zero-order chi connectivity index (χ0) is 20.1. The molecule has 1 amide bonds. The summed E-state index contributed by atoms with van der Waals surface area (Å²) in [5.74, 6) is 1.28. The van der Waals surface area contributed by atoms with Crippen molar-refractivity contribution in [3.05, 3.63) is 54.1 Å². The molecule has 0 spiro atoms. The van der Waals surface area contributed by atoms with E-state index >= 15 is 0 Å². The molecule has 0 atom stereocenters. The van der Waals surface area contributed by atoms with E-state index in [1.807, 2.05) is 23.1 Å². The molecule has 0 bridgehead atoms. The molecule has 0 unspecified atom stereocenters. The Morgan fingerprint density at radius 3 is 2.31 bits per heavy atom. The predicted octanol–water partition coefficient (Wildman–Crippen LogP) is 3.16. The standard InChI is InChI=1S/C23H26N2O4/c26-20(18-7-9-21-22(17-18)29-16-4-15-28-21)8-10-23(27)25-13-11-24(12-14-25)19-5-2-1-3-6-19/h1-3,5-7,9,17H,4,8,10-16H2. The Balaban J connectivity index is 1.28. The number of anilines is 1. The molecular formula is C23H26N2O4. The highest BCUT2D eigenvalue weighted by molar-refractivity contribution is 5.98. The minimum atomic E-state index is -0.0445. The van der Waals surface area contributed by atoms with Gasteiger partial charge in [0.05, 0.1) is 13.2 Å². The Bertz CT molecular complexity index is 860. The van der Waals surface area contributed by atoms with Crippen molar-refractivity contribution in [2.45, 2.75) is 19.3 Å². The van der Waals surface area contributed by atoms with Gasteiger partial charge in [0, 0.05) is 56.7 Å². The maximum atomic E-state index is 12.6. The molecule has 1 saturated heterocycles. The minimum absolute atomic E-state index is 0.0420. The van der Waals surface area contributed by atoms with Crippen LogP contribution in [0.1, 0.15) is 29.6 Å². The van der Waals surface area contributed by atoms with Crippen LogP contribution in [0.5, 0.6) is 11.5 Å². The molecule has 152 valence electrons. The van der Waals surface area contributed by atoms with E-state index < -0.39 is 0 Å². The zero-order valence-corrected chi connectivity index (χ0v) is 16.5. The average molecular weight is 394 g/mol. The molecule has 6 heteroatoms. The Morgan fingerprint density at radius 2 is 1.55 bits per heavy atom. The smallest absolute Gasteiger partial charge is 0.223 e. The SMILES string of the molecule is O=C(CCC(=O)N1CCN(c2ccccc2)CC1)c1ccc2c(c1)OCCCO2. The molecule has 2 aromatic rings. The highest BCUT2D eigenvalue weighted by atomic mass is 16.5. The molecule has 4 rings (SSSR count). The van der Waals surface area contributed by atoms with Crippen LogP contribution in [0.2, 0.25) is 0 Å². The first-order chi connectivity index (χ1) is 14.2. The number of piperazine rings is 1. The van der Waals surface area contributed by atoms with Crippen LogP contribution in [0.4, 0.5) is 5.69 Å². The Kier molecular flexibility index (Phi) is 5.98. The highest BCUT2D eigenvalue weighted by Gasteiger charge is 2.22. The first kappa shape index (κ1) is 19.3. The van der Waals surface area contributed by atoms with Crippen LogP contribution < -0.4 is 14.4 Å². The molecule has 0 aliphatic carbocycles. The van der Waals surface area contributed by atoms with E-state index in [0.717, 1.165) is 19.5 Å². The number of ketones is 1. The van der Waals surface area contributed by atoms with Crippen molar-refractivity contribution < 1.29 is 19.1 Å². The van der Waals surface area contributed by atoms with Crippen LogP contribution in [0.3, 0.4) is 0 Å². The van der Waals surface area contributed by atoms with Crippen molar-refractivity contribution >= 4 is 17.4 Å². The lowest BCUT2D eigenvalue weighted by molar-refractivity contribution is -0.131. The van der Waals surface area contributed by atoms with E-state index in [1.54, 1.807) is 18.2 Å². The number of hydrogen-bond donors (Lipinski definition) is 0. The van der Waals surface area contributed by atoms with E-state index in [0.29, 0.717) is 43.4 Å². The van der Waals surface area contributed by atoms with Crippen LogP contribution in [0.15, 0.2) is 48.5 Å². The molecule has 2 aliphatic heterocycles. The molecule has 0 saturated carbocycles. The fraction of sp³-hybridized carbons (Fsp3) is 0.391. The number of carbonyl (C=O) groups excluding carboxylic acids is 2. The molecule has 2 heterocycles. The van der Waals surface area contributed by atoms with Gasteiger partial charge in [0.15, 0.2) is 17.3 Å². The number of carbonyl (C=O) groups is 2. The first-order valence-corrected chi connectivity index (χ1v) is 10.2. The summed E-state index contributed by atoms with van der Waals surface area (Å²) in [5.41, 5.74) is 1.75. The van der Waals surface area contributed by atoms with Crippen LogP contribution in [0.25, 0.3) is 0 Å². The number of rotatable bonds is 5. The van der Waals surface area contributed by atoms with Crippen molar-refractivity contribution in [3.8, 4) is 11.5 Å². The lowest BCUT2D eigenvalue weighted by Gasteiger charge is -2.36. The number of benzene rings is 2. The number of para-hydroxylation sites is 1. The number of nitrogens with zero attached hydrogens (tertiary/aromatic N) is 2. The van der Waals surface area contributed by atoms with Gasteiger partial charge < -0.3 is 19.3 Å². The largest absolute Gasteiger partial charge is 0.490 e. The zero-order valence-electron chi connectivity index (χ0n) is 16.5. The van der Waals surface area contributed by atoms with Crippen LogP contribution in [-0.2, 0) is 4.79 Å². The van der Waals surface area contributed by atoms with Gasteiger partial charge in [-0.15, -0.1) is 0 Å². The molecule has 0 N–H and O–H groups in total. The number of amides is 1. The average Bonchev–Trinajstić information content (AvgIpc) is 3.03.